The van der Waals surface area contributed by atoms with E-state index >= 15 is 0 Å². The van der Waals surface area contributed by atoms with Crippen LogP contribution in [0.3, 0.4) is 0 Å². The van der Waals surface area contributed by atoms with Gasteiger partial charge in [-0.2, -0.15) is 0 Å². The summed E-state index contributed by atoms with van der Waals surface area (Å²) < 4.78 is 8.01. The molecule has 10 nitrogen and oxygen atoms in total. The first kappa shape index (κ1) is 41.5. The Balaban J connectivity index is 1.43. The molecule has 2 aromatic heterocycles. The molecule has 0 aliphatic rings. The van der Waals surface area contributed by atoms with E-state index in [0.717, 1.165) is 46.0 Å². The number of aromatic nitrogens is 4. The van der Waals surface area contributed by atoms with Gasteiger partial charge in [-0.25, -0.2) is 9.59 Å². The zero-order valence-electron chi connectivity index (χ0n) is 32.0. The third-order valence-electron chi connectivity index (χ3n) is 10.3. The zero-order chi connectivity index (χ0) is 35.7. The normalized spacial score (nSPS) is 12.2. The van der Waals surface area contributed by atoms with Crippen LogP contribution >= 0.6 is 0 Å². The molecule has 0 saturated carbocycles. The molecule has 0 amide bonds. The van der Waals surface area contributed by atoms with Gasteiger partial charge >= 0.3 is 11.4 Å². The Morgan fingerprint density at radius 3 is 0.979 bits per heavy atom. The quantitative estimate of drug-likeness (QED) is 0.108. The maximum Gasteiger partial charge on any atom is 0.330 e. The van der Waals surface area contributed by atoms with E-state index in [1.54, 1.807) is 35.4 Å². The summed E-state index contributed by atoms with van der Waals surface area (Å²) in [7, 11) is 12.5. The fourth-order valence-electron chi connectivity index (χ4n) is 6.79. The Kier molecular flexibility index (Phi) is 17.9. The van der Waals surface area contributed by atoms with Gasteiger partial charge in [0.2, 0.25) is 0 Å². The minimum Gasteiger partial charge on any atom is -0.328 e. The molecule has 2 heterocycles. The number of unbranched alkanes of at least 4 members (excludes halogenated alkanes) is 13. The Bertz CT molecular complexity index is 1370. The number of nitrogens with zero attached hydrogens (tertiary/aromatic N) is 6. The second-order valence-corrected chi connectivity index (χ2v) is 15.7. The molecular formula is C38H70N6O4+2. The summed E-state index contributed by atoms with van der Waals surface area (Å²) in [6, 6.07) is 3.09. The predicted molar refractivity (Wildman–Crippen MR) is 199 cm³/mol. The molecule has 0 fully saturated rings. The molecule has 0 aliphatic heterocycles. The molecule has 10 heteroatoms. The Morgan fingerprint density at radius 1 is 0.438 bits per heavy atom. The lowest BCUT2D eigenvalue weighted by atomic mass is 10.1. The maximum absolute atomic E-state index is 12.3. The smallest absolute Gasteiger partial charge is 0.328 e. The van der Waals surface area contributed by atoms with E-state index in [0.29, 0.717) is 13.1 Å². The fraction of sp³-hybridized carbons (Fsp3) is 0.789. The van der Waals surface area contributed by atoms with E-state index in [-0.39, 0.29) is 22.5 Å². The Morgan fingerprint density at radius 2 is 0.688 bits per heavy atom. The Hall–Kier alpha value is -2.72. The summed E-state index contributed by atoms with van der Waals surface area (Å²) in [5.41, 5.74) is 0.626. The van der Waals surface area contributed by atoms with Gasteiger partial charge in [0.15, 0.2) is 0 Å². The van der Waals surface area contributed by atoms with Gasteiger partial charge in [-0.05, 0) is 78.1 Å². The van der Waals surface area contributed by atoms with Gasteiger partial charge in [-0.15, -0.1) is 0 Å². The van der Waals surface area contributed by atoms with Crippen LogP contribution in [0.25, 0.3) is 0 Å². The molecule has 0 saturated heterocycles. The van der Waals surface area contributed by atoms with Gasteiger partial charge in [-0.1, -0.05) is 38.5 Å². The molecular weight excluding hydrogens is 604 g/mol. The summed E-state index contributed by atoms with van der Waals surface area (Å²) in [5, 5.41) is 0. The van der Waals surface area contributed by atoms with Crippen molar-refractivity contribution in [2.75, 3.05) is 54.4 Å². The minimum absolute atomic E-state index is 0.208. The van der Waals surface area contributed by atoms with Crippen molar-refractivity contribution >= 4 is 0 Å². The second-order valence-electron chi connectivity index (χ2n) is 15.7. The number of hydrogen-bond donors (Lipinski definition) is 0. The molecule has 0 atom stereocenters. The van der Waals surface area contributed by atoms with Crippen molar-refractivity contribution in [3.8, 4) is 0 Å². The number of hydrogen-bond acceptors (Lipinski definition) is 4. The van der Waals surface area contributed by atoms with Crippen LogP contribution in [0.1, 0.15) is 114 Å². The van der Waals surface area contributed by atoms with Crippen LogP contribution in [-0.4, -0.2) is 81.6 Å². The van der Waals surface area contributed by atoms with Gasteiger partial charge in [0.05, 0.1) is 54.4 Å². The molecule has 2 aromatic rings. The second kappa shape index (κ2) is 20.7. The monoisotopic (exact) mass is 675 g/mol. The standard InChI is InChI=1S/C38H70N6O4/c1-33-31-35(45)39(3)37(47)41(33)25-19-13-17-23-29-43(5,6)27-21-15-11-9-10-12-16-22-28-44(7,8)30-24-18-14-20-26-42-34(2)32-36(46)40(4)38(42)48/h31-32H,9-30H2,1-8H3/q+2. The van der Waals surface area contributed by atoms with Crippen LogP contribution in [0.4, 0.5) is 0 Å². The van der Waals surface area contributed by atoms with E-state index in [9.17, 15) is 19.2 Å². The van der Waals surface area contributed by atoms with Gasteiger partial charge in [0, 0.05) is 50.7 Å². The highest BCUT2D eigenvalue weighted by molar-refractivity contribution is 5.00. The average molecular weight is 675 g/mol. The summed E-state index contributed by atoms with van der Waals surface area (Å²) in [5.74, 6) is 0. The van der Waals surface area contributed by atoms with E-state index in [1.807, 2.05) is 13.8 Å². The van der Waals surface area contributed by atoms with Crippen LogP contribution in [-0.2, 0) is 27.2 Å². The largest absolute Gasteiger partial charge is 0.330 e. The molecule has 48 heavy (non-hydrogen) atoms. The first-order chi connectivity index (χ1) is 22.6. The van der Waals surface area contributed by atoms with Crippen molar-refractivity contribution in [3.63, 3.8) is 0 Å². The highest BCUT2D eigenvalue weighted by atomic mass is 16.2. The molecule has 0 spiro atoms. The van der Waals surface area contributed by atoms with Crippen LogP contribution in [0.15, 0.2) is 31.3 Å². The molecule has 0 aliphatic carbocycles. The first-order valence-corrected chi connectivity index (χ1v) is 18.8. The van der Waals surface area contributed by atoms with Crippen LogP contribution in [0.2, 0.25) is 0 Å². The zero-order valence-corrected chi connectivity index (χ0v) is 32.0. The van der Waals surface area contributed by atoms with E-state index in [4.69, 9.17) is 0 Å². The molecule has 0 unspecified atom stereocenters. The van der Waals surface area contributed by atoms with Crippen LogP contribution in [0.5, 0.6) is 0 Å². The van der Waals surface area contributed by atoms with Gasteiger partial charge < -0.3 is 8.97 Å². The topological polar surface area (TPSA) is 88.0 Å². The minimum atomic E-state index is -0.232. The predicted octanol–water partition coefficient (Wildman–Crippen LogP) is 5.12. The van der Waals surface area contributed by atoms with Crippen molar-refractivity contribution in [1.29, 1.82) is 0 Å². The molecule has 2 rings (SSSR count). The summed E-state index contributed by atoms with van der Waals surface area (Å²) in [6.07, 6.45) is 19.6. The number of quaternary nitrogens is 2. The van der Waals surface area contributed by atoms with Crippen molar-refractivity contribution in [2.45, 2.75) is 130 Å². The lowest BCUT2D eigenvalue weighted by Gasteiger charge is -2.30. The average Bonchev–Trinajstić information content (AvgIpc) is 3.01. The van der Waals surface area contributed by atoms with Gasteiger partial charge in [-0.3, -0.25) is 27.9 Å². The third-order valence-corrected chi connectivity index (χ3v) is 10.3. The summed E-state index contributed by atoms with van der Waals surface area (Å²) in [4.78, 5) is 48.2. The van der Waals surface area contributed by atoms with Crippen molar-refractivity contribution in [3.05, 3.63) is 65.2 Å². The highest BCUT2D eigenvalue weighted by Crippen LogP contribution is 2.14. The Labute approximate surface area is 290 Å². The van der Waals surface area contributed by atoms with Crippen LogP contribution < -0.4 is 22.5 Å². The van der Waals surface area contributed by atoms with Gasteiger partial charge in [0.25, 0.3) is 11.1 Å². The SMILES string of the molecule is Cc1cc(=O)n(C)c(=O)n1CCCCCC[N+](C)(C)CCCCCCCCCC[N+](C)(C)CCCCCCn1c(C)cc(=O)n(C)c1=O. The van der Waals surface area contributed by atoms with Gasteiger partial charge in [0.1, 0.15) is 0 Å². The molecule has 0 bridgehead atoms. The van der Waals surface area contributed by atoms with E-state index in [1.165, 1.54) is 112 Å². The maximum atomic E-state index is 12.3. The number of aryl methyl sites for hydroxylation is 2. The molecule has 0 N–H and O–H groups in total. The van der Waals surface area contributed by atoms with E-state index < -0.39 is 0 Å². The summed E-state index contributed by atoms with van der Waals surface area (Å²) in [6.45, 7) is 9.94. The fourth-order valence-corrected chi connectivity index (χ4v) is 6.79. The first-order valence-electron chi connectivity index (χ1n) is 18.8. The van der Waals surface area contributed by atoms with Crippen molar-refractivity contribution < 1.29 is 8.97 Å². The highest BCUT2D eigenvalue weighted by Gasteiger charge is 2.15. The molecule has 274 valence electrons. The van der Waals surface area contributed by atoms with Crippen LogP contribution in [0, 0.1) is 13.8 Å². The van der Waals surface area contributed by atoms with E-state index in [2.05, 4.69) is 28.2 Å². The molecule has 0 aromatic carbocycles. The lowest BCUT2D eigenvalue weighted by Crippen LogP contribution is -2.41. The van der Waals surface area contributed by atoms with Crippen molar-refractivity contribution in [2.24, 2.45) is 14.1 Å². The lowest BCUT2D eigenvalue weighted by molar-refractivity contribution is -0.890. The number of rotatable bonds is 25. The third kappa shape index (κ3) is 14.8. The summed E-state index contributed by atoms with van der Waals surface area (Å²) >= 11 is 0. The van der Waals surface area contributed by atoms with Crippen molar-refractivity contribution in [1.82, 2.24) is 18.3 Å². The molecule has 0 radical (unpaired) electrons.